The standard InChI is InChI=1S/C13H19N3S/c1-9-2-5-11(6-3-9)16-12-7-4-10(8-15-12)13(14)17/h4,7-9,11H,2-3,5-6H2,1H3,(H2,14,17)(H,15,16). The molecule has 92 valence electrons. The van der Waals surface area contributed by atoms with Gasteiger partial charge in [0, 0.05) is 17.8 Å². The molecule has 0 atom stereocenters. The van der Waals surface area contributed by atoms with E-state index in [9.17, 15) is 0 Å². The summed E-state index contributed by atoms with van der Waals surface area (Å²) in [4.78, 5) is 4.73. The van der Waals surface area contributed by atoms with Crippen LogP contribution in [0.5, 0.6) is 0 Å². The summed E-state index contributed by atoms with van der Waals surface area (Å²) in [6.07, 6.45) is 6.82. The molecule has 3 N–H and O–H groups in total. The van der Waals surface area contributed by atoms with E-state index in [4.69, 9.17) is 18.0 Å². The molecule has 1 heterocycles. The van der Waals surface area contributed by atoms with E-state index in [-0.39, 0.29) is 0 Å². The third-order valence-electron chi connectivity index (χ3n) is 3.42. The number of rotatable bonds is 3. The first-order chi connectivity index (χ1) is 8.15. The maximum Gasteiger partial charge on any atom is 0.126 e. The molecule has 0 spiro atoms. The van der Waals surface area contributed by atoms with Crippen LogP contribution in [0, 0.1) is 5.92 Å². The van der Waals surface area contributed by atoms with Gasteiger partial charge in [0.25, 0.3) is 0 Å². The number of hydrogen-bond acceptors (Lipinski definition) is 3. The number of pyridine rings is 1. The average Bonchev–Trinajstić information content (AvgIpc) is 2.33. The fourth-order valence-corrected chi connectivity index (χ4v) is 2.36. The summed E-state index contributed by atoms with van der Waals surface area (Å²) < 4.78 is 0. The molecular weight excluding hydrogens is 230 g/mol. The van der Waals surface area contributed by atoms with Gasteiger partial charge >= 0.3 is 0 Å². The Balaban J connectivity index is 1.92. The van der Waals surface area contributed by atoms with Gasteiger partial charge in [-0.3, -0.25) is 0 Å². The number of nitrogens with two attached hydrogens (primary N) is 1. The molecule has 0 amide bonds. The maximum atomic E-state index is 5.53. The van der Waals surface area contributed by atoms with Gasteiger partial charge in [0.15, 0.2) is 0 Å². The lowest BCUT2D eigenvalue weighted by molar-refractivity contribution is 0.361. The summed E-state index contributed by atoms with van der Waals surface area (Å²) in [5.74, 6) is 1.79. The molecule has 0 aromatic carbocycles. The lowest BCUT2D eigenvalue weighted by Crippen LogP contribution is -2.25. The Bertz CT molecular complexity index is 380. The van der Waals surface area contributed by atoms with Crippen molar-refractivity contribution in [2.24, 2.45) is 11.7 Å². The normalized spacial score (nSPS) is 24.3. The highest BCUT2D eigenvalue weighted by Gasteiger charge is 2.17. The fraction of sp³-hybridized carbons (Fsp3) is 0.538. The Labute approximate surface area is 108 Å². The van der Waals surface area contributed by atoms with Crippen molar-refractivity contribution in [2.45, 2.75) is 38.6 Å². The van der Waals surface area contributed by atoms with E-state index in [1.54, 1.807) is 6.20 Å². The maximum absolute atomic E-state index is 5.53. The predicted molar refractivity (Wildman–Crippen MR) is 75.2 cm³/mol. The first-order valence-electron chi connectivity index (χ1n) is 6.17. The second kappa shape index (κ2) is 5.45. The van der Waals surface area contributed by atoms with Gasteiger partial charge in [0.05, 0.1) is 0 Å². The van der Waals surface area contributed by atoms with Gasteiger partial charge in [-0.2, -0.15) is 0 Å². The molecule has 3 nitrogen and oxygen atoms in total. The van der Waals surface area contributed by atoms with E-state index < -0.39 is 0 Å². The Kier molecular flexibility index (Phi) is 3.94. The Morgan fingerprint density at radius 2 is 2.06 bits per heavy atom. The van der Waals surface area contributed by atoms with Crippen LogP contribution in [0.3, 0.4) is 0 Å². The molecule has 1 saturated carbocycles. The summed E-state index contributed by atoms with van der Waals surface area (Å²) in [6.45, 7) is 2.32. The molecule has 0 saturated heterocycles. The van der Waals surface area contributed by atoms with Crippen LogP contribution < -0.4 is 11.1 Å². The minimum Gasteiger partial charge on any atom is -0.389 e. The van der Waals surface area contributed by atoms with Crippen molar-refractivity contribution in [2.75, 3.05) is 5.32 Å². The summed E-state index contributed by atoms with van der Waals surface area (Å²) >= 11 is 4.90. The van der Waals surface area contributed by atoms with Crippen LogP contribution in [0.25, 0.3) is 0 Å². The zero-order chi connectivity index (χ0) is 12.3. The van der Waals surface area contributed by atoms with Crippen LogP contribution >= 0.6 is 12.2 Å². The number of hydrogen-bond donors (Lipinski definition) is 2. The van der Waals surface area contributed by atoms with Crippen LogP contribution in [0.4, 0.5) is 5.82 Å². The molecule has 0 bridgehead atoms. The minimum atomic E-state index is 0.399. The number of nitrogens with zero attached hydrogens (tertiary/aromatic N) is 1. The zero-order valence-corrected chi connectivity index (χ0v) is 11.0. The van der Waals surface area contributed by atoms with Gasteiger partial charge in [-0.15, -0.1) is 0 Å². The average molecular weight is 249 g/mol. The molecule has 1 aliphatic carbocycles. The molecule has 1 fully saturated rings. The summed E-state index contributed by atoms with van der Waals surface area (Å²) in [5.41, 5.74) is 6.36. The number of thiocarbonyl (C=S) groups is 1. The van der Waals surface area contributed by atoms with Gasteiger partial charge in [-0.05, 0) is 43.7 Å². The predicted octanol–water partition coefficient (Wildman–Crippen LogP) is 2.71. The Morgan fingerprint density at radius 3 is 2.59 bits per heavy atom. The lowest BCUT2D eigenvalue weighted by atomic mass is 9.87. The fourth-order valence-electron chi connectivity index (χ4n) is 2.24. The topological polar surface area (TPSA) is 50.9 Å². The monoisotopic (exact) mass is 249 g/mol. The highest BCUT2D eigenvalue weighted by atomic mass is 32.1. The molecule has 1 aliphatic rings. The van der Waals surface area contributed by atoms with Gasteiger partial charge < -0.3 is 11.1 Å². The highest BCUT2D eigenvalue weighted by Crippen LogP contribution is 2.25. The van der Waals surface area contributed by atoms with E-state index in [1.165, 1.54) is 25.7 Å². The molecule has 1 aromatic heterocycles. The van der Waals surface area contributed by atoms with Crippen LogP contribution in [0.2, 0.25) is 0 Å². The zero-order valence-electron chi connectivity index (χ0n) is 10.1. The lowest BCUT2D eigenvalue weighted by Gasteiger charge is -2.27. The van der Waals surface area contributed by atoms with E-state index in [0.717, 1.165) is 17.3 Å². The van der Waals surface area contributed by atoms with E-state index >= 15 is 0 Å². The molecule has 0 unspecified atom stereocenters. The molecule has 0 aliphatic heterocycles. The minimum absolute atomic E-state index is 0.399. The van der Waals surface area contributed by atoms with Crippen molar-refractivity contribution >= 4 is 23.0 Å². The van der Waals surface area contributed by atoms with Crippen LogP contribution in [0.15, 0.2) is 18.3 Å². The first-order valence-corrected chi connectivity index (χ1v) is 6.58. The summed E-state index contributed by atoms with van der Waals surface area (Å²) in [7, 11) is 0. The van der Waals surface area contributed by atoms with Crippen molar-refractivity contribution in [3.05, 3.63) is 23.9 Å². The molecule has 1 aromatic rings. The van der Waals surface area contributed by atoms with Gasteiger partial charge in [0.2, 0.25) is 0 Å². The van der Waals surface area contributed by atoms with Crippen LogP contribution in [-0.4, -0.2) is 16.0 Å². The number of anilines is 1. The van der Waals surface area contributed by atoms with Crippen molar-refractivity contribution < 1.29 is 0 Å². The third-order valence-corrected chi connectivity index (χ3v) is 3.65. The van der Waals surface area contributed by atoms with Crippen LogP contribution in [0.1, 0.15) is 38.2 Å². The molecular formula is C13H19N3S. The Morgan fingerprint density at radius 1 is 1.35 bits per heavy atom. The van der Waals surface area contributed by atoms with Gasteiger partial charge in [0.1, 0.15) is 10.8 Å². The van der Waals surface area contributed by atoms with E-state index in [1.807, 2.05) is 12.1 Å². The second-order valence-corrected chi connectivity index (χ2v) is 5.34. The first kappa shape index (κ1) is 12.3. The third kappa shape index (κ3) is 3.40. The molecule has 4 heteroatoms. The number of nitrogens with one attached hydrogen (secondary N) is 1. The van der Waals surface area contributed by atoms with Crippen LogP contribution in [-0.2, 0) is 0 Å². The van der Waals surface area contributed by atoms with Crippen molar-refractivity contribution in [3.63, 3.8) is 0 Å². The Hall–Kier alpha value is -1.16. The van der Waals surface area contributed by atoms with Gasteiger partial charge in [-0.1, -0.05) is 19.1 Å². The van der Waals surface area contributed by atoms with Crippen molar-refractivity contribution in [1.29, 1.82) is 0 Å². The summed E-state index contributed by atoms with van der Waals surface area (Å²) in [6, 6.07) is 4.43. The second-order valence-electron chi connectivity index (χ2n) is 4.90. The molecule has 0 radical (unpaired) electrons. The SMILES string of the molecule is CC1CCC(Nc2ccc(C(N)=S)cn2)CC1. The van der Waals surface area contributed by atoms with E-state index in [2.05, 4.69) is 17.2 Å². The smallest absolute Gasteiger partial charge is 0.126 e. The quantitative estimate of drug-likeness (QED) is 0.809. The van der Waals surface area contributed by atoms with Gasteiger partial charge in [-0.25, -0.2) is 4.98 Å². The number of aromatic nitrogens is 1. The summed E-state index contributed by atoms with van der Waals surface area (Å²) in [5, 5.41) is 3.47. The van der Waals surface area contributed by atoms with E-state index in [0.29, 0.717) is 11.0 Å². The molecule has 17 heavy (non-hydrogen) atoms. The van der Waals surface area contributed by atoms with Crippen molar-refractivity contribution in [1.82, 2.24) is 4.98 Å². The molecule has 2 rings (SSSR count). The van der Waals surface area contributed by atoms with Crippen molar-refractivity contribution in [3.8, 4) is 0 Å². The largest absolute Gasteiger partial charge is 0.389 e. The highest BCUT2D eigenvalue weighted by molar-refractivity contribution is 7.80.